The molecule has 0 unspecified atom stereocenters. The molecule has 0 aromatic heterocycles. The molecule has 0 saturated heterocycles. The quantitative estimate of drug-likeness (QED) is 0.500. The number of esters is 1. The molecule has 0 heterocycles. The highest BCUT2D eigenvalue weighted by atomic mass is 16.5. The molecule has 0 spiro atoms. The van der Waals surface area contributed by atoms with E-state index in [-0.39, 0.29) is 6.54 Å². The average Bonchev–Trinajstić information content (AvgIpc) is 2.31. The number of carbonyl (C=O) groups is 3. The molecule has 0 bridgehead atoms. The molecular weight excluding hydrogens is 232 g/mol. The first kappa shape index (κ1) is 15.2. The standard InChI is InChI=1S/C9H16N2O6/c1-3-11(6(5-12)8(14)17-2)7(13)4-10-9(15)16/h6,10,12H,3-5H2,1-2H3,(H,15,16)/t6-/m0/s1. The van der Waals surface area contributed by atoms with Crippen LogP contribution in [0.15, 0.2) is 0 Å². The van der Waals surface area contributed by atoms with Crippen LogP contribution in [0.25, 0.3) is 0 Å². The molecule has 1 atom stereocenters. The van der Waals surface area contributed by atoms with Crippen LogP contribution in [-0.2, 0) is 14.3 Å². The average molecular weight is 248 g/mol. The molecule has 17 heavy (non-hydrogen) atoms. The minimum absolute atomic E-state index is 0.153. The minimum Gasteiger partial charge on any atom is -0.467 e. The maximum atomic E-state index is 11.6. The van der Waals surface area contributed by atoms with Crippen molar-refractivity contribution in [1.82, 2.24) is 10.2 Å². The van der Waals surface area contributed by atoms with Gasteiger partial charge in [-0.1, -0.05) is 0 Å². The molecule has 0 aliphatic rings. The van der Waals surface area contributed by atoms with Gasteiger partial charge < -0.3 is 25.2 Å². The number of carboxylic acid groups (broad SMARTS) is 1. The summed E-state index contributed by atoms with van der Waals surface area (Å²) in [5.74, 6) is -1.36. The van der Waals surface area contributed by atoms with Crippen LogP contribution in [0.4, 0.5) is 4.79 Å². The molecule has 98 valence electrons. The predicted octanol–water partition coefficient (Wildman–Crippen LogP) is -1.36. The molecular formula is C9H16N2O6. The molecule has 3 N–H and O–H groups in total. The summed E-state index contributed by atoms with van der Waals surface area (Å²) in [5, 5.41) is 19.3. The number of nitrogens with zero attached hydrogens (tertiary/aromatic N) is 1. The zero-order valence-electron chi connectivity index (χ0n) is 9.67. The van der Waals surface area contributed by atoms with Crippen molar-refractivity contribution in [3.8, 4) is 0 Å². The fourth-order valence-electron chi connectivity index (χ4n) is 1.26. The topological polar surface area (TPSA) is 116 Å². The number of hydrogen-bond acceptors (Lipinski definition) is 5. The van der Waals surface area contributed by atoms with Gasteiger partial charge in [0.25, 0.3) is 0 Å². The fraction of sp³-hybridized carbons (Fsp3) is 0.667. The van der Waals surface area contributed by atoms with E-state index in [2.05, 4.69) is 4.74 Å². The molecule has 0 aromatic rings. The Morgan fingerprint density at radius 1 is 1.41 bits per heavy atom. The lowest BCUT2D eigenvalue weighted by Gasteiger charge is -2.27. The summed E-state index contributed by atoms with van der Waals surface area (Å²) in [6.07, 6.45) is -1.34. The van der Waals surface area contributed by atoms with Crippen molar-refractivity contribution >= 4 is 18.0 Å². The molecule has 0 radical (unpaired) electrons. The maximum Gasteiger partial charge on any atom is 0.405 e. The van der Waals surface area contributed by atoms with Gasteiger partial charge in [-0.2, -0.15) is 0 Å². The second-order valence-corrected chi connectivity index (χ2v) is 3.06. The Kier molecular flexibility index (Phi) is 6.64. The normalized spacial score (nSPS) is 11.5. The number of methoxy groups -OCH3 is 1. The van der Waals surface area contributed by atoms with Gasteiger partial charge in [0.1, 0.15) is 6.54 Å². The number of carbonyl (C=O) groups excluding carboxylic acids is 2. The first-order chi connectivity index (χ1) is 7.97. The van der Waals surface area contributed by atoms with Crippen molar-refractivity contribution < 1.29 is 29.3 Å². The Bertz CT molecular complexity index is 293. The number of ether oxygens (including phenoxy) is 1. The number of aliphatic hydroxyl groups is 1. The van der Waals surface area contributed by atoms with E-state index < -0.39 is 37.2 Å². The zero-order valence-corrected chi connectivity index (χ0v) is 9.67. The van der Waals surface area contributed by atoms with Gasteiger partial charge in [0, 0.05) is 6.54 Å². The van der Waals surface area contributed by atoms with Crippen LogP contribution in [0.1, 0.15) is 6.92 Å². The fourth-order valence-corrected chi connectivity index (χ4v) is 1.26. The number of rotatable bonds is 6. The van der Waals surface area contributed by atoms with E-state index in [9.17, 15) is 14.4 Å². The third-order valence-electron chi connectivity index (χ3n) is 2.07. The number of aliphatic hydroxyl groups excluding tert-OH is 1. The minimum atomic E-state index is -1.34. The monoisotopic (exact) mass is 248 g/mol. The highest BCUT2D eigenvalue weighted by molar-refractivity contribution is 5.87. The van der Waals surface area contributed by atoms with Crippen molar-refractivity contribution in [3.05, 3.63) is 0 Å². The van der Waals surface area contributed by atoms with Crippen LogP contribution in [0.2, 0.25) is 0 Å². The molecule has 0 aliphatic heterocycles. The largest absolute Gasteiger partial charge is 0.467 e. The highest BCUT2D eigenvalue weighted by Crippen LogP contribution is 2.01. The summed E-state index contributed by atoms with van der Waals surface area (Å²) in [6, 6.07) is -1.12. The summed E-state index contributed by atoms with van der Waals surface area (Å²) in [7, 11) is 1.14. The Labute approximate surface area is 98.2 Å². The van der Waals surface area contributed by atoms with Gasteiger partial charge in [-0.25, -0.2) is 9.59 Å². The first-order valence-corrected chi connectivity index (χ1v) is 4.92. The molecule has 0 rings (SSSR count). The number of hydrogen-bond donors (Lipinski definition) is 3. The first-order valence-electron chi connectivity index (χ1n) is 4.92. The van der Waals surface area contributed by atoms with Gasteiger partial charge in [0.2, 0.25) is 5.91 Å². The summed E-state index contributed by atoms with van der Waals surface area (Å²) < 4.78 is 4.43. The molecule has 8 nitrogen and oxygen atoms in total. The van der Waals surface area contributed by atoms with Gasteiger partial charge in [0.15, 0.2) is 6.04 Å². The van der Waals surface area contributed by atoms with E-state index in [1.165, 1.54) is 0 Å². The van der Waals surface area contributed by atoms with E-state index in [4.69, 9.17) is 10.2 Å². The molecule has 0 aliphatic carbocycles. The lowest BCUT2D eigenvalue weighted by atomic mass is 10.2. The molecule has 0 saturated carbocycles. The third kappa shape index (κ3) is 4.68. The Morgan fingerprint density at radius 3 is 2.35 bits per heavy atom. The van der Waals surface area contributed by atoms with Crippen LogP contribution < -0.4 is 5.32 Å². The van der Waals surface area contributed by atoms with Crippen molar-refractivity contribution in [3.63, 3.8) is 0 Å². The SMILES string of the molecule is CCN(C(=O)CNC(=O)O)[C@@H](CO)C(=O)OC. The van der Waals surface area contributed by atoms with Gasteiger partial charge in [-0.05, 0) is 6.92 Å². The predicted molar refractivity (Wildman–Crippen MR) is 56.3 cm³/mol. The summed E-state index contributed by atoms with van der Waals surface area (Å²) in [5.41, 5.74) is 0. The zero-order chi connectivity index (χ0) is 13.4. The van der Waals surface area contributed by atoms with Gasteiger partial charge in [0.05, 0.1) is 13.7 Å². The number of likely N-dealkylation sites (N-methyl/N-ethyl adjacent to an activating group) is 1. The summed E-state index contributed by atoms with van der Waals surface area (Å²) in [4.78, 5) is 34.1. The van der Waals surface area contributed by atoms with E-state index in [0.717, 1.165) is 12.0 Å². The second kappa shape index (κ2) is 7.44. The van der Waals surface area contributed by atoms with Crippen molar-refractivity contribution in [2.24, 2.45) is 0 Å². The van der Waals surface area contributed by atoms with E-state index in [1.54, 1.807) is 6.92 Å². The molecule has 0 fully saturated rings. The van der Waals surface area contributed by atoms with Crippen LogP contribution in [0.3, 0.4) is 0 Å². The molecule has 0 aromatic carbocycles. The summed E-state index contributed by atoms with van der Waals surface area (Å²) >= 11 is 0. The Morgan fingerprint density at radius 2 is 2.00 bits per heavy atom. The van der Waals surface area contributed by atoms with Crippen LogP contribution in [-0.4, -0.2) is 65.9 Å². The lowest BCUT2D eigenvalue weighted by Crippen LogP contribution is -2.50. The Hall–Kier alpha value is -1.83. The Balaban J connectivity index is 4.61. The van der Waals surface area contributed by atoms with Crippen molar-refractivity contribution in [1.29, 1.82) is 0 Å². The van der Waals surface area contributed by atoms with Gasteiger partial charge in [-0.15, -0.1) is 0 Å². The van der Waals surface area contributed by atoms with Crippen molar-refractivity contribution in [2.75, 3.05) is 26.8 Å². The van der Waals surface area contributed by atoms with Crippen LogP contribution in [0, 0.1) is 0 Å². The lowest BCUT2D eigenvalue weighted by molar-refractivity contribution is -0.154. The van der Waals surface area contributed by atoms with Crippen molar-refractivity contribution in [2.45, 2.75) is 13.0 Å². The maximum absolute atomic E-state index is 11.6. The highest BCUT2D eigenvalue weighted by Gasteiger charge is 2.28. The third-order valence-corrected chi connectivity index (χ3v) is 2.07. The number of nitrogens with one attached hydrogen (secondary N) is 1. The molecule has 2 amide bonds. The van der Waals surface area contributed by atoms with Crippen LogP contribution in [0.5, 0.6) is 0 Å². The summed E-state index contributed by atoms with van der Waals surface area (Å²) in [6.45, 7) is 0.709. The van der Waals surface area contributed by atoms with Gasteiger partial charge >= 0.3 is 12.1 Å². The number of amides is 2. The van der Waals surface area contributed by atoms with E-state index >= 15 is 0 Å². The van der Waals surface area contributed by atoms with Gasteiger partial charge in [-0.3, -0.25) is 4.79 Å². The van der Waals surface area contributed by atoms with Crippen LogP contribution >= 0.6 is 0 Å². The smallest absolute Gasteiger partial charge is 0.405 e. The molecule has 8 heteroatoms. The second-order valence-electron chi connectivity index (χ2n) is 3.06. The van der Waals surface area contributed by atoms with E-state index in [0.29, 0.717) is 0 Å². The van der Waals surface area contributed by atoms with E-state index in [1.807, 2.05) is 5.32 Å².